The van der Waals surface area contributed by atoms with Crippen molar-refractivity contribution in [1.82, 2.24) is 14.3 Å². The topological polar surface area (TPSA) is 70.3 Å². The second-order valence-electron chi connectivity index (χ2n) is 6.55. The molecule has 0 radical (unpaired) electrons. The number of anilines is 1. The van der Waals surface area contributed by atoms with E-state index in [1.807, 2.05) is 64.2 Å². The highest BCUT2D eigenvalue weighted by atomic mass is 32.2. The molecule has 0 saturated heterocycles. The van der Waals surface area contributed by atoms with Crippen molar-refractivity contribution in [2.75, 3.05) is 25.3 Å². The van der Waals surface area contributed by atoms with Gasteiger partial charge in [0.15, 0.2) is 11.5 Å². The van der Waals surface area contributed by atoms with Gasteiger partial charge < -0.3 is 14.8 Å². The summed E-state index contributed by atoms with van der Waals surface area (Å²) in [5.74, 6) is 1.31. The Morgan fingerprint density at radius 1 is 1.00 bits per heavy atom. The van der Waals surface area contributed by atoms with Gasteiger partial charge in [0.2, 0.25) is 5.91 Å². The van der Waals surface area contributed by atoms with Crippen molar-refractivity contribution in [3.63, 3.8) is 0 Å². The summed E-state index contributed by atoms with van der Waals surface area (Å²) in [6, 6.07) is 19.0. The van der Waals surface area contributed by atoms with Crippen LogP contribution in [0.1, 0.15) is 0 Å². The number of hydrogen-bond donors (Lipinski definition) is 1. The highest BCUT2D eigenvalue weighted by molar-refractivity contribution is 7.99. The predicted molar refractivity (Wildman–Crippen MR) is 122 cm³/mol. The van der Waals surface area contributed by atoms with Crippen LogP contribution in [0.5, 0.6) is 11.5 Å². The van der Waals surface area contributed by atoms with Crippen LogP contribution in [-0.4, -0.2) is 40.2 Å². The first kappa shape index (κ1) is 20.6. The number of carbonyl (C=O) groups is 1. The summed E-state index contributed by atoms with van der Waals surface area (Å²) in [6.07, 6.45) is 5.69. The number of rotatable bonds is 8. The molecule has 3 heterocycles. The second-order valence-corrected chi connectivity index (χ2v) is 7.55. The molecule has 0 aliphatic carbocycles. The van der Waals surface area contributed by atoms with E-state index in [1.54, 1.807) is 38.6 Å². The van der Waals surface area contributed by atoms with Crippen LogP contribution in [0.4, 0.5) is 5.69 Å². The minimum Gasteiger partial charge on any atom is -0.493 e. The lowest BCUT2D eigenvalue weighted by Crippen LogP contribution is -2.15. The molecule has 1 amide bonds. The van der Waals surface area contributed by atoms with Crippen LogP contribution < -0.4 is 14.8 Å². The number of thioether (sulfide) groups is 1. The Bertz CT molecular complexity index is 1160. The van der Waals surface area contributed by atoms with E-state index in [0.29, 0.717) is 17.2 Å². The molecule has 31 heavy (non-hydrogen) atoms. The molecule has 0 aliphatic rings. The summed E-state index contributed by atoms with van der Waals surface area (Å²) in [6.45, 7) is 0. The van der Waals surface area contributed by atoms with Crippen molar-refractivity contribution in [3.8, 4) is 22.9 Å². The van der Waals surface area contributed by atoms with E-state index >= 15 is 0 Å². The van der Waals surface area contributed by atoms with Gasteiger partial charge in [0, 0.05) is 30.3 Å². The third-order valence-corrected chi connectivity index (χ3v) is 5.60. The fraction of sp³-hybridized carbons (Fsp3) is 0.130. The summed E-state index contributed by atoms with van der Waals surface area (Å²) >= 11 is 1.45. The number of ether oxygens (including phenoxy) is 2. The molecule has 158 valence electrons. The molecule has 4 rings (SSSR count). The van der Waals surface area contributed by atoms with Crippen LogP contribution in [-0.2, 0) is 4.79 Å². The van der Waals surface area contributed by atoms with Gasteiger partial charge >= 0.3 is 0 Å². The van der Waals surface area contributed by atoms with Gasteiger partial charge in [-0.05, 0) is 48.5 Å². The fourth-order valence-corrected chi connectivity index (χ4v) is 4.01. The average molecular weight is 435 g/mol. The number of nitrogens with zero attached hydrogens (tertiary/aromatic N) is 3. The van der Waals surface area contributed by atoms with E-state index < -0.39 is 0 Å². The zero-order chi connectivity index (χ0) is 21.6. The van der Waals surface area contributed by atoms with Crippen molar-refractivity contribution in [1.29, 1.82) is 0 Å². The van der Waals surface area contributed by atoms with Crippen molar-refractivity contribution in [3.05, 3.63) is 79.3 Å². The number of hydrogen-bond acceptors (Lipinski definition) is 5. The Morgan fingerprint density at radius 2 is 1.81 bits per heavy atom. The lowest BCUT2D eigenvalue weighted by molar-refractivity contribution is -0.113. The standard InChI is InChI=1S/C23H22N4O3S/c1-29-20-10-8-17(15-21(20)30-2)25-22(28)16-31-23-11-9-19(18-7-3-4-12-24-18)27(23)26-13-5-6-14-26/h3-15H,16H2,1-2H3,(H,25,28). The van der Waals surface area contributed by atoms with Crippen molar-refractivity contribution < 1.29 is 14.3 Å². The highest BCUT2D eigenvalue weighted by Crippen LogP contribution is 2.31. The van der Waals surface area contributed by atoms with Gasteiger partial charge in [-0.3, -0.25) is 14.5 Å². The molecule has 0 aliphatic heterocycles. The number of methoxy groups -OCH3 is 2. The van der Waals surface area contributed by atoms with Gasteiger partial charge in [0.05, 0.1) is 36.4 Å². The molecule has 0 fully saturated rings. The maximum Gasteiger partial charge on any atom is 0.234 e. The summed E-state index contributed by atoms with van der Waals surface area (Å²) < 4.78 is 14.5. The van der Waals surface area contributed by atoms with Gasteiger partial charge in [-0.1, -0.05) is 17.8 Å². The quantitative estimate of drug-likeness (QED) is 0.416. The highest BCUT2D eigenvalue weighted by Gasteiger charge is 2.15. The van der Waals surface area contributed by atoms with Crippen molar-refractivity contribution in [2.24, 2.45) is 0 Å². The van der Waals surface area contributed by atoms with E-state index in [9.17, 15) is 4.79 Å². The van der Waals surface area contributed by atoms with Gasteiger partial charge in [-0.2, -0.15) is 0 Å². The maximum absolute atomic E-state index is 12.6. The summed E-state index contributed by atoms with van der Waals surface area (Å²) in [5, 5.41) is 3.84. The van der Waals surface area contributed by atoms with E-state index in [2.05, 4.69) is 10.3 Å². The number of carbonyl (C=O) groups excluding carboxylic acids is 1. The molecule has 1 N–H and O–H groups in total. The number of pyridine rings is 1. The van der Waals surface area contributed by atoms with Crippen molar-refractivity contribution in [2.45, 2.75) is 5.03 Å². The minimum absolute atomic E-state index is 0.114. The third-order valence-electron chi connectivity index (χ3n) is 4.59. The molecule has 0 bridgehead atoms. The van der Waals surface area contributed by atoms with Gasteiger partial charge in [-0.25, -0.2) is 4.68 Å². The summed E-state index contributed by atoms with van der Waals surface area (Å²) in [5.41, 5.74) is 2.45. The van der Waals surface area contributed by atoms with E-state index in [0.717, 1.165) is 16.4 Å². The molecule has 7 nitrogen and oxygen atoms in total. The Morgan fingerprint density at radius 3 is 2.52 bits per heavy atom. The smallest absolute Gasteiger partial charge is 0.234 e. The van der Waals surface area contributed by atoms with Crippen LogP contribution in [0, 0.1) is 0 Å². The molecule has 0 atom stereocenters. The Hall–Kier alpha value is -3.65. The molecule has 0 spiro atoms. The number of benzene rings is 1. The van der Waals surface area contributed by atoms with Crippen LogP contribution in [0.15, 0.2) is 84.3 Å². The third kappa shape index (κ3) is 4.59. The molecule has 3 aromatic heterocycles. The Kier molecular flexibility index (Phi) is 6.28. The Labute approximate surface area is 184 Å². The SMILES string of the molecule is COc1ccc(NC(=O)CSc2ccc(-c3ccccn3)n2-n2cccc2)cc1OC. The van der Waals surface area contributed by atoms with E-state index in [-0.39, 0.29) is 11.7 Å². The molecule has 0 saturated carbocycles. The lowest BCUT2D eigenvalue weighted by atomic mass is 10.2. The lowest BCUT2D eigenvalue weighted by Gasteiger charge is -2.14. The first-order chi connectivity index (χ1) is 15.2. The number of aromatic nitrogens is 3. The van der Waals surface area contributed by atoms with Crippen LogP contribution in [0.2, 0.25) is 0 Å². The predicted octanol–water partition coefficient (Wildman–Crippen LogP) is 4.41. The minimum atomic E-state index is -0.114. The van der Waals surface area contributed by atoms with Gasteiger partial charge in [0.25, 0.3) is 0 Å². The van der Waals surface area contributed by atoms with Crippen LogP contribution in [0.3, 0.4) is 0 Å². The molecular formula is C23H22N4O3S. The number of amides is 1. The first-order valence-electron chi connectivity index (χ1n) is 9.61. The van der Waals surface area contributed by atoms with Gasteiger partial charge in [0.1, 0.15) is 0 Å². The normalized spacial score (nSPS) is 10.6. The first-order valence-corrected chi connectivity index (χ1v) is 10.6. The number of nitrogens with one attached hydrogen (secondary N) is 1. The van der Waals surface area contributed by atoms with E-state index in [4.69, 9.17) is 9.47 Å². The van der Waals surface area contributed by atoms with Crippen LogP contribution in [0.25, 0.3) is 11.4 Å². The average Bonchev–Trinajstić information content (AvgIpc) is 3.47. The van der Waals surface area contributed by atoms with Crippen molar-refractivity contribution >= 4 is 23.4 Å². The summed E-state index contributed by atoms with van der Waals surface area (Å²) in [7, 11) is 3.14. The fourth-order valence-electron chi connectivity index (χ4n) is 3.18. The van der Waals surface area contributed by atoms with Gasteiger partial charge in [-0.15, -0.1) is 0 Å². The molecule has 4 aromatic rings. The van der Waals surface area contributed by atoms with E-state index in [1.165, 1.54) is 11.8 Å². The molecular weight excluding hydrogens is 412 g/mol. The maximum atomic E-state index is 12.6. The largest absolute Gasteiger partial charge is 0.493 e. The molecule has 0 unspecified atom stereocenters. The second kappa shape index (κ2) is 9.44. The Balaban J connectivity index is 1.51. The zero-order valence-electron chi connectivity index (χ0n) is 17.2. The monoisotopic (exact) mass is 434 g/mol. The summed E-state index contributed by atoms with van der Waals surface area (Å²) in [4.78, 5) is 17.1. The molecule has 8 heteroatoms. The zero-order valence-corrected chi connectivity index (χ0v) is 18.0. The van der Waals surface area contributed by atoms with Crippen LogP contribution >= 0.6 is 11.8 Å². The molecule has 1 aromatic carbocycles.